The zero-order chi connectivity index (χ0) is 17.6. The summed E-state index contributed by atoms with van der Waals surface area (Å²) < 4.78 is 0. The Morgan fingerprint density at radius 2 is 1.62 bits per heavy atom. The largest absolute Gasteiger partial charge is 0.0845 e. The number of hydrogen-bond donors (Lipinski definition) is 0. The van der Waals surface area contributed by atoms with Crippen LogP contribution in [0.25, 0.3) is 0 Å². The van der Waals surface area contributed by atoms with Gasteiger partial charge in [-0.15, -0.1) is 0 Å². The van der Waals surface area contributed by atoms with E-state index in [1.807, 2.05) is 5.57 Å². The molecular weight excluding hydrogens is 312 g/mol. The summed E-state index contributed by atoms with van der Waals surface area (Å²) in [7, 11) is 0. The van der Waals surface area contributed by atoms with E-state index in [9.17, 15) is 0 Å². The first kappa shape index (κ1) is 17.1. The van der Waals surface area contributed by atoms with Gasteiger partial charge in [0.1, 0.15) is 0 Å². The zero-order valence-corrected chi connectivity index (χ0v) is 16.7. The summed E-state index contributed by atoms with van der Waals surface area (Å²) >= 11 is 0. The summed E-state index contributed by atoms with van der Waals surface area (Å²) in [5, 5.41) is 0. The van der Waals surface area contributed by atoms with E-state index in [1.165, 1.54) is 57.8 Å². The summed E-state index contributed by atoms with van der Waals surface area (Å²) in [6, 6.07) is 11.3. The molecule has 1 atom stereocenters. The maximum atomic E-state index is 2.73. The first-order valence-electron chi connectivity index (χ1n) is 11.5. The van der Waals surface area contributed by atoms with E-state index in [0.29, 0.717) is 5.41 Å². The Hall–Kier alpha value is -1.04. The van der Waals surface area contributed by atoms with E-state index < -0.39 is 0 Å². The van der Waals surface area contributed by atoms with Crippen LogP contribution in [0.15, 0.2) is 42.0 Å². The van der Waals surface area contributed by atoms with Crippen LogP contribution in [0.1, 0.15) is 95.5 Å². The molecule has 0 aromatic heterocycles. The van der Waals surface area contributed by atoms with E-state index >= 15 is 0 Å². The lowest BCUT2D eigenvalue weighted by Gasteiger charge is -2.73. The van der Waals surface area contributed by atoms with Crippen LogP contribution in [0, 0.1) is 22.7 Å². The van der Waals surface area contributed by atoms with E-state index in [-0.39, 0.29) is 0 Å². The predicted octanol–water partition coefficient (Wildman–Crippen LogP) is 7.66. The molecule has 0 amide bonds. The summed E-state index contributed by atoms with van der Waals surface area (Å²) in [6.07, 6.45) is 20.4. The van der Waals surface area contributed by atoms with Crippen LogP contribution in [0.3, 0.4) is 0 Å². The maximum absolute atomic E-state index is 2.73. The van der Waals surface area contributed by atoms with Crippen LogP contribution in [-0.4, -0.2) is 0 Å². The third-order valence-electron chi connectivity index (χ3n) is 8.76. The molecule has 5 aliphatic rings. The quantitative estimate of drug-likeness (QED) is 0.479. The van der Waals surface area contributed by atoms with E-state index in [1.54, 1.807) is 24.8 Å². The highest BCUT2D eigenvalue weighted by molar-refractivity contribution is 5.33. The van der Waals surface area contributed by atoms with Gasteiger partial charge in [0, 0.05) is 0 Å². The number of hydrogen-bond acceptors (Lipinski definition) is 0. The number of allylic oxidation sites excluding steroid dienone is 2. The van der Waals surface area contributed by atoms with E-state index in [4.69, 9.17) is 0 Å². The Bertz CT molecular complexity index is 639. The molecule has 0 radical (unpaired) electrons. The first-order valence-corrected chi connectivity index (χ1v) is 11.5. The second-order valence-corrected chi connectivity index (χ2v) is 10.3. The van der Waals surface area contributed by atoms with Crippen molar-refractivity contribution in [1.29, 1.82) is 0 Å². The van der Waals surface area contributed by atoms with Crippen molar-refractivity contribution in [2.75, 3.05) is 0 Å². The highest BCUT2D eigenvalue weighted by Crippen LogP contribution is 2.78. The molecule has 140 valence electrons. The minimum Gasteiger partial charge on any atom is -0.0845 e. The second kappa shape index (κ2) is 6.54. The van der Waals surface area contributed by atoms with Crippen molar-refractivity contribution in [1.82, 2.24) is 0 Å². The van der Waals surface area contributed by atoms with Crippen molar-refractivity contribution in [2.45, 2.75) is 89.9 Å². The fraction of sp³-hybridized carbons (Fsp3) is 0.692. The lowest BCUT2D eigenvalue weighted by Crippen LogP contribution is -2.62. The molecule has 6 rings (SSSR count). The fourth-order valence-corrected chi connectivity index (χ4v) is 7.55. The molecule has 0 saturated heterocycles. The van der Waals surface area contributed by atoms with Gasteiger partial charge < -0.3 is 0 Å². The molecule has 0 heteroatoms. The maximum Gasteiger partial charge on any atom is -0.00722 e. The van der Waals surface area contributed by atoms with Crippen LogP contribution in [-0.2, 0) is 0 Å². The van der Waals surface area contributed by atoms with Gasteiger partial charge >= 0.3 is 0 Å². The van der Waals surface area contributed by atoms with E-state index in [2.05, 4.69) is 43.3 Å². The minimum absolute atomic E-state index is 0.713. The average Bonchev–Trinajstić information content (AvgIpc) is 2.65. The van der Waals surface area contributed by atoms with Crippen LogP contribution >= 0.6 is 0 Å². The van der Waals surface area contributed by atoms with Crippen LogP contribution in [0.5, 0.6) is 0 Å². The van der Waals surface area contributed by atoms with Crippen molar-refractivity contribution in [3.63, 3.8) is 0 Å². The Morgan fingerprint density at radius 1 is 0.885 bits per heavy atom. The Labute approximate surface area is 160 Å². The SMILES string of the molecule is CCCC12CC(C3=CCC([C@H]4CC[C@H](c5ccccc5)CC4)CC3)(C1)C2. The van der Waals surface area contributed by atoms with Gasteiger partial charge in [-0.3, -0.25) is 0 Å². The lowest BCUT2D eigenvalue weighted by molar-refractivity contribution is -0.183. The van der Waals surface area contributed by atoms with Crippen molar-refractivity contribution in [3.05, 3.63) is 47.5 Å². The molecule has 0 spiro atoms. The third-order valence-corrected chi connectivity index (χ3v) is 8.76. The van der Waals surface area contributed by atoms with Gasteiger partial charge in [-0.05, 0) is 105 Å². The van der Waals surface area contributed by atoms with Gasteiger partial charge in [0.15, 0.2) is 0 Å². The van der Waals surface area contributed by atoms with Crippen LogP contribution in [0.4, 0.5) is 0 Å². The molecule has 4 fully saturated rings. The summed E-state index contributed by atoms with van der Waals surface area (Å²) in [5.74, 6) is 2.83. The topological polar surface area (TPSA) is 0 Å². The molecule has 0 nitrogen and oxygen atoms in total. The monoisotopic (exact) mass is 348 g/mol. The minimum atomic E-state index is 0.713. The third kappa shape index (κ3) is 2.79. The van der Waals surface area contributed by atoms with Crippen molar-refractivity contribution >= 4 is 0 Å². The highest BCUT2D eigenvalue weighted by atomic mass is 14.7. The molecule has 4 saturated carbocycles. The summed E-state index contributed by atoms with van der Waals surface area (Å²) in [4.78, 5) is 0. The van der Waals surface area contributed by atoms with Crippen LogP contribution < -0.4 is 0 Å². The van der Waals surface area contributed by atoms with Gasteiger partial charge in [0.05, 0.1) is 0 Å². The average molecular weight is 349 g/mol. The fourth-order valence-electron chi connectivity index (χ4n) is 7.55. The van der Waals surface area contributed by atoms with Gasteiger partial charge in [-0.1, -0.05) is 55.3 Å². The van der Waals surface area contributed by atoms with E-state index in [0.717, 1.165) is 23.2 Å². The van der Waals surface area contributed by atoms with Gasteiger partial charge in [0.2, 0.25) is 0 Å². The molecule has 1 aromatic carbocycles. The molecule has 1 aromatic rings. The zero-order valence-electron chi connectivity index (χ0n) is 16.7. The highest BCUT2D eigenvalue weighted by Gasteiger charge is 2.67. The van der Waals surface area contributed by atoms with Crippen LogP contribution in [0.2, 0.25) is 0 Å². The molecule has 5 aliphatic carbocycles. The molecule has 0 heterocycles. The molecule has 1 unspecified atom stereocenters. The molecule has 0 N–H and O–H groups in total. The molecule has 0 aliphatic heterocycles. The summed E-state index contributed by atoms with van der Waals surface area (Å²) in [6.45, 7) is 2.37. The smallest absolute Gasteiger partial charge is 0.00722 e. The first-order chi connectivity index (χ1) is 12.7. The molecule has 26 heavy (non-hydrogen) atoms. The summed E-state index contributed by atoms with van der Waals surface area (Å²) in [5.41, 5.74) is 5.00. The van der Waals surface area contributed by atoms with Gasteiger partial charge in [-0.2, -0.15) is 0 Å². The van der Waals surface area contributed by atoms with Gasteiger partial charge in [0.25, 0.3) is 0 Å². The van der Waals surface area contributed by atoms with Gasteiger partial charge in [-0.25, -0.2) is 0 Å². The predicted molar refractivity (Wildman–Crippen MR) is 110 cm³/mol. The number of rotatable bonds is 5. The standard InChI is InChI=1S/C26H36/c1-2-16-25-17-26(18-25,19-25)24-14-12-23(13-15-24)22-10-8-21(9-11-22)20-6-4-3-5-7-20/h3-7,14,21-23H,2,8-13,15-19H2,1H3/t21-,22-,23?,25?,26?. The Balaban J connectivity index is 1.13. The Kier molecular flexibility index (Phi) is 4.29. The molecule has 2 bridgehead atoms. The van der Waals surface area contributed by atoms with Crippen molar-refractivity contribution in [3.8, 4) is 0 Å². The normalized spacial score (nSPS) is 41.7. The molecular formula is C26H36. The number of benzene rings is 1. The Morgan fingerprint density at radius 3 is 2.23 bits per heavy atom. The lowest BCUT2D eigenvalue weighted by atomic mass is 9.32. The van der Waals surface area contributed by atoms with Crippen molar-refractivity contribution < 1.29 is 0 Å². The van der Waals surface area contributed by atoms with Crippen molar-refractivity contribution in [2.24, 2.45) is 22.7 Å². The second-order valence-electron chi connectivity index (χ2n) is 10.3.